The molecule has 0 saturated carbocycles. The second-order valence-electron chi connectivity index (χ2n) is 7.28. The van der Waals surface area contributed by atoms with E-state index in [2.05, 4.69) is 30.1 Å². The van der Waals surface area contributed by atoms with Crippen LogP contribution in [0, 0.1) is 0 Å². The Balaban J connectivity index is 1.49. The Morgan fingerprint density at radius 2 is 1.91 bits per heavy atom. The number of rotatable bonds is 4. The molecule has 6 rings (SSSR count). The highest BCUT2D eigenvalue weighted by Crippen LogP contribution is 2.34. The summed E-state index contributed by atoms with van der Waals surface area (Å²) < 4.78 is 0. The molecule has 0 bridgehead atoms. The van der Waals surface area contributed by atoms with E-state index in [1.807, 2.05) is 36.4 Å². The second-order valence-corrected chi connectivity index (χ2v) is 8.37. The van der Waals surface area contributed by atoms with Gasteiger partial charge >= 0.3 is 0 Å². The molecule has 0 fully saturated rings. The minimum absolute atomic E-state index is 0.0517. The zero-order chi connectivity index (χ0) is 21.7. The summed E-state index contributed by atoms with van der Waals surface area (Å²) in [5.74, 6) is 0.664. The van der Waals surface area contributed by atoms with Crippen molar-refractivity contribution in [3.05, 3.63) is 66.1 Å². The largest absolute Gasteiger partial charge is 0.321 e. The molecule has 8 nitrogen and oxygen atoms in total. The molecule has 0 aromatic carbocycles. The summed E-state index contributed by atoms with van der Waals surface area (Å²) in [7, 11) is 0. The van der Waals surface area contributed by atoms with Gasteiger partial charge in [-0.25, -0.2) is 9.97 Å². The van der Waals surface area contributed by atoms with Crippen LogP contribution in [0.2, 0.25) is 0 Å². The third kappa shape index (κ3) is 2.98. The predicted molar refractivity (Wildman–Crippen MR) is 123 cm³/mol. The fourth-order valence-corrected chi connectivity index (χ4v) is 4.60. The molecule has 0 atom stereocenters. The molecule has 0 spiro atoms. The van der Waals surface area contributed by atoms with Gasteiger partial charge in [-0.3, -0.25) is 19.9 Å². The first-order chi connectivity index (χ1) is 15.7. The number of carbonyl (C=O) groups excluding carboxylic acids is 1. The van der Waals surface area contributed by atoms with Gasteiger partial charge in [0.15, 0.2) is 17.3 Å². The monoisotopic (exact) mass is 437 g/mol. The molecule has 0 radical (unpaired) electrons. The van der Waals surface area contributed by atoms with Crippen molar-refractivity contribution in [1.82, 2.24) is 35.1 Å². The minimum atomic E-state index is 0.0517. The van der Waals surface area contributed by atoms with E-state index < -0.39 is 0 Å². The average molecular weight is 437 g/mol. The van der Waals surface area contributed by atoms with E-state index in [0.29, 0.717) is 17.2 Å². The molecule has 0 aliphatic rings. The maximum atomic E-state index is 11.7. The molecule has 6 heterocycles. The molecule has 32 heavy (non-hydrogen) atoms. The molecule has 6 aromatic rings. The number of thiophene rings is 1. The molecule has 9 heteroatoms. The lowest BCUT2D eigenvalue weighted by molar-refractivity contribution is 0.102. The highest BCUT2D eigenvalue weighted by molar-refractivity contribution is 7.17. The number of hydrogen-bond acceptors (Lipinski definition) is 7. The van der Waals surface area contributed by atoms with E-state index in [4.69, 9.17) is 4.98 Å². The summed E-state index contributed by atoms with van der Waals surface area (Å²) in [6.07, 6.45) is 6.99. The second kappa shape index (κ2) is 7.17. The van der Waals surface area contributed by atoms with E-state index in [1.165, 1.54) is 11.3 Å². The van der Waals surface area contributed by atoms with Crippen LogP contribution in [0.1, 0.15) is 16.6 Å². The molecular formula is C23H15N7OS. The van der Waals surface area contributed by atoms with Crippen molar-refractivity contribution in [3.63, 3.8) is 0 Å². The van der Waals surface area contributed by atoms with Gasteiger partial charge in [0, 0.05) is 40.0 Å². The van der Waals surface area contributed by atoms with Crippen LogP contribution in [0.15, 0.2) is 61.2 Å². The number of Topliss-reactive ketones (excluding diaryl/α,β-unsaturated/α-hetero) is 1. The Hall–Kier alpha value is -4.24. The van der Waals surface area contributed by atoms with Crippen LogP contribution < -0.4 is 0 Å². The summed E-state index contributed by atoms with van der Waals surface area (Å²) in [4.78, 5) is 34.6. The van der Waals surface area contributed by atoms with Crippen molar-refractivity contribution >= 4 is 39.2 Å². The van der Waals surface area contributed by atoms with Gasteiger partial charge in [-0.2, -0.15) is 5.10 Å². The van der Waals surface area contributed by atoms with Crippen LogP contribution in [0.3, 0.4) is 0 Å². The van der Waals surface area contributed by atoms with Crippen molar-refractivity contribution in [1.29, 1.82) is 0 Å². The number of hydrogen-bond donors (Lipinski definition) is 2. The van der Waals surface area contributed by atoms with Gasteiger partial charge in [-0.1, -0.05) is 0 Å². The Kier molecular flexibility index (Phi) is 4.15. The minimum Gasteiger partial charge on any atom is -0.321 e. The maximum absolute atomic E-state index is 11.7. The number of aromatic nitrogens is 7. The van der Waals surface area contributed by atoms with Gasteiger partial charge in [0.25, 0.3) is 0 Å². The number of nitrogens with one attached hydrogen (secondary N) is 2. The topological polar surface area (TPSA) is 113 Å². The molecule has 0 unspecified atom stereocenters. The zero-order valence-corrected chi connectivity index (χ0v) is 17.6. The van der Waals surface area contributed by atoms with Crippen LogP contribution in [-0.4, -0.2) is 40.9 Å². The van der Waals surface area contributed by atoms with E-state index >= 15 is 0 Å². The Morgan fingerprint density at radius 1 is 1.03 bits per heavy atom. The van der Waals surface area contributed by atoms with Crippen molar-refractivity contribution in [2.45, 2.75) is 6.92 Å². The molecule has 154 valence electrons. The Morgan fingerprint density at radius 3 is 2.72 bits per heavy atom. The average Bonchev–Trinajstić information content (AvgIpc) is 3.56. The summed E-state index contributed by atoms with van der Waals surface area (Å²) in [6, 6.07) is 11.5. The van der Waals surface area contributed by atoms with Gasteiger partial charge in [0.05, 0.1) is 22.3 Å². The van der Waals surface area contributed by atoms with Crippen LogP contribution in [0.25, 0.3) is 55.3 Å². The SMILES string of the molecule is CC(=O)c1ccc(-c2ccnc3[nH]c(-c4n[nH]c5cnc(-c6ccncc6)cc45)nc23)s1. The smallest absolute Gasteiger partial charge is 0.169 e. The van der Waals surface area contributed by atoms with Crippen molar-refractivity contribution in [2.75, 3.05) is 0 Å². The van der Waals surface area contributed by atoms with Gasteiger partial charge in [0.1, 0.15) is 11.2 Å². The van der Waals surface area contributed by atoms with Crippen LogP contribution in [0.4, 0.5) is 0 Å². The van der Waals surface area contributed by atoms with Crippen LogP contribution in [-0.2, 0) is 0 Å². The van der Waals surface area contributed by atoms with Gasteiger partial charge in [-0.05, 0) is 43.3 Å². The number of H-pyrrole nitrogens is 2. The highest BCUT2D eigenvalue weighted by Gasteiger charge is 2.17. The molecular weight excluding hydrogens is 422 g/mol. The Bertz CT molecular complexity index is 1610. The van der Waals surface area contributed by atoms with Crippen molar-refractivity contribution in [2.24, 2.45) is 0 Å². The number of nitrogens with zero attached hydrogens (tertiary/aromatic N) is 5. The summed E-state index contributed by atoms with van der Waals surface area (Å²) in [5, 5.41) is 8.42. The molecule has 0 aliphatic carbocycles. The number of fused-ring (bicyclic) bond motifs is 2. The summed E-state index contributed by atoms with van der Waals surface area (Å²) >= 11 is 1.45. The van der Waals surface area contributed by atoms with Gasteiger partial charge < -0.3 is 4.98 Å². The molecule has 0 amide bonds. The number of aromatic amines is 2. The van der Waals surface area contributed by atoms with Gasteiger partial charge in [-0.15, -0.1) is 11.3 Å². The summed E-state index contributed by atoms with van der Waals surface area (Å²) in [5.41, 5.74) is 5.63. The van der Waals surface area contributed by atoms with Crippen molar-refractivity contribution in [3.8, 4) is 33.2 Å². The maximum Gasteiger partial charge on any atom is 0.169 e. The number of imidazole rings is 1. The van der Waals surface area contributed by atoms with E-state index in [9.17, 15) is 4.79 Å². The van der Waals surface area contributed by atoms with E-state index in [1.54, 1.807) is 31.7 Å². The third-order valence-corrected chi connectivity index (χ3v) is 6.47. The first-order valence-corrected chi connectivity index (χ1v) is 10.7. The Labute approximate surface area is 185 Å². The number of carbonyl (C=O) groups is 1. The van der Waals surface area contributed by atoms with Crippen LogP contribution in [0.5, 0.6) is 0 Å². The quantitative estimate of drug-likeness (QED) is 0.380. The molecule has 6 aromatic heterocycles. The van der Waals surface area contributed by atoms with Gasteiger partial charge in [0.2, 0.25) is 0 Å². The standard InChI is InChI=1S/C23H15N7OS/c1-12(31)18-2-3-19(32-18)14-6-9-25-22-20(14)27-23(28-22)21-15-10-16(13-4-7-24-8-5-13)26-11-17(15)29-30-21/h2-11H,1H3,(H,29,30)(H,25,27,28). The molecule has 0 aliphatic heterocycles. The normalized spacial score (nSPS) is 11.4. The number of pyridine rings is 3. The third-order valence-electron chi connectivity index (χ3n) is 5.25. The summed E-state index contributed by atoms with van der Waals surface area (Å²) in [6.45, 7) is 1.57. The lowest BCUT2D eigenvalue weighted by Crippen LogP contribution is -1.85. The highest BCUT2D eigenvalue weighted by atomic mass is 32.1. The fourth-order valence-electron chi connectivity index (χ4n) is 3.67. The van der Waals surface area contributed by atoms with Crippen LogP contribution >= 0.6 is 11.3 Å². The van der Waals surface area contributed by atoms with E-state index in [-0.39, 0.29) is 5.78 Å². The first-order valence-electron chi connectivity index (χ1n) is 9.88. The predicted octanol–water partition coefficient (Wildman–Crippen LogP) is 4.89. The van der Waals surface area contributed by atoms with Crippen molar-refractivity contribution < 1.29 is 4.79 Å². The van der Waals surface area contributed by atoms with E-state index in [0.717, 1.165) is 43.0 Å². The lowest BCUT2D eigenvalue weighted by Gasteiger charge is -2.00. The number of ketones is 1. The molecule has 0 saturated heterocycles. The zero-order valence-electron chi connectivity index (χ0n) is 16.8. The first kappa shape index (κ1) is 18.5. The molecule has 2 N–H and O–H groups in total. The lowest BCUT2D eigenvalue weighted by atomic mass is 10.1. The fraction of sp³-hybridized carbons (Fsp3) is 0.0435.